The van der Waals surface area contributed by atoms with E-state index in [4.69, 9.17) is 0 Å². The monoisotopic (exact) mass is 382 g/mol. The number of rotatable bonds is 7. The van der Waals surface area contributed by atoms with Gasteiger partial charge >= 0.3 is 5.97 Å². The van der Waals surface area contributed by atoms with Crippen molar-refractivity contribution in [3.8, 4) is 0 Å². The smallest absolute Gasteiger partial charge is 0.326 e. The molecule has 1 aliphatic heterocycles. The van der Waals surface area contributed by atoms with Gasteiger partial charge in [-0.1, -0.05) is 32.0 Å². The van der Waals surface area contributed by atoms with Gasteiger partial charge in [0.25, 0.3) is 0 Å². The Bertz CT molecular complexity index is 733. The van der Waals surface area contributed by atoms with Crippen molar-refractivity contribution >= 4 is 21.9 Å². The predicted molar refractivity (Wildman–Crippen MR) is 96.9 cm³/mol. The van der Waals surface area contributed by atoms with E-state index in [1.165, 1.54) is 16.4 Å². The quantitative estimate of drug-likeness (QED) is 0.747. The van der Waals surface area contributed by atoms with Gasteiger partial charge in [0.2, 0.25) is 15.9 Å². The summed E-state index contributed by atoms with van der Waals surface area (Å²) in [5.41, 5.74) is 0. The molecule has 0 radical (unpaired) electrons. The molecule has 2 rings (SSSR count). The van der Waals surface area contributed by atoms with E-state index in [-0.39, 0.29) is 17.4 Å². The molecule has 144 valence electrons. The lowest BCUT2D eigenvalue weighted by molar-refractivity contribution is -0.143. The summed E-state index contributed by atoms with van der Waals surface area (Å²) in [7, 11) is -3.66. The van der Waals surface area contributed by atoms with Crippen LogP contribution in [0.5, 0.6) is 0 Å². The summed E-state index contributed by atoms with van der Waals surface area (Å²) < 4.78 is 26.8. The van der Waals surface area contributed by atoms with Crippen LogP contribution in [0.15, 0.2) is 35.2 Å². The summed E-state index contributed by atoms with van der Waals surface area (Å²) in [5, 5.41) is 11.8. The molecule has 1 amide bonds. The molecule has 1 aromatic carbocycles. The van der Waals surface area contributed by atoms with E-state index in [0.29, 0.717) is 25.8 Å². The number of carbonyl (C=O) groups excluding carboxylic acids is 1. The van der Waals surface area contributed by atoms with E-state index < -0.39 is 33.9 Å². The Kier molecular flexibility index (Phi) is 6.77. The number of piperidine rings is 1. The van der Waals surface area contributed by atoms with Gasteiger partial charge in [-0.15, -0.1) is 0 Å². The number of nitrogens with one attached hydrogen (secondary N) is 1. The van der Waals surface area contributed by atoms with E-state index in [1.54, 1.807) is 18.2 Å². The summed E-state index contributed by atoms with van der Waals surface area (Å²) in [6.45, 7) is 4.19. The minimum absolute atomic E-state index is 0.0665. The molecule has 26 heavy (non-hydrogen) atoms. The first-order valence-corrected chi connectivity index (χ1v) is 10.2. The molecule has 0 bridgehead atoms. The fourth-order valence-electron chi connectivity index (χ4n) is 3.10. The van der Waals surface area contributed by atoms with Gasteiger partial charge in [-0.2, -0.15) is 4.31 Å². The molecule has 0 aromatic heterocycles. The number of aliphatic carboxylic acids is 1. The third-order valence-electron chi connectivity index (χ3n) is 4.46. The minimum atomic E-state index is -3.66. The average molecular weight is 382 g/mol. The van der Waals surface area contributed by atoms with Crippen molar-refractivity contribution in [2.45, 2.75) is 44.0 Å². The van der Waals surface area contributed by atoms with Gasteiger partial charge in [-0.05, 0) is 37.3 Å². The van der Waals surface area contributed by atoms with Crippen molar-refractivity contribution in [3.63, 3.8) is 0 Å². The number of hydrogen-bond donors (Lipinski definition) is 2. The third kappa shape index (κ3) is 5.04. The summed E-state index contributed by atoms with van der Waals surface area (Å²) in [5.74, 6) is -1.89. The molecule has 1 saturated heterocycles. The standard InChI is InChI=1S/C18H26N2O5S/c1-13(2)11-16(18(22)23)19-17(21)14-7-6-10-20(12-14)26(24,25)15-8-4-3-5-9-15/h3-5,8-9,13-14,16H,6-7,10-12H2,1-2H3,(H,19,21)(H,22,23)/t14-,16-/m0/s1. The molecule has 2 atom stereocenters. The first kappa shape index (κ1) is 20.4. The molecule has 1 fully saturated rings. The van der Waals surface area contributed by atoms with Crippen molar-refractivity contribution in [2.24, 2.45) is 11.8 Å². The maximum Gasteiger partial charge on any atom is 0.326 e. The lowest BCUT2D eigenvalue weighted by atomic mass is 9.97. The van der Waals surface area contributed by atoms with Crippen LogP contribution in [0.25, 0.3) is 0 Å². The number of carboxylic acids is 1. The molecule has 1 aliphatic rings. The number of nitrogens with zero attached hydrogens (tertiary/aromatic N) is 1. The Hall–Kier alpha value is -1.93. The van der Waals surface area contributed by atoms with Gasteiger partial charge in [0, 0.05) is 13.1 Å². The largest absolute Gasteiger partial charge is 0.480 e. The van der Waals surface area contributed by atoms with Crippen LogP contribution in [-0.4, -0.2) is 48.8 Å². The summed E-state index contributed by atoms with van der Waals surface area (Å²) in [4.78, 5) is 24.0. The van der Waals surface area contributed by atoms with Crippen molar-refractivity contribution in [2.75, 3.05) is 13.1 Å². The van der Waals surface area contributed by atoms with Crippen LogP contribution in [0.1, 0.15) is 33.1 Å². The number of hydrogen-bond acceptors (Lipinski definition) is 4. The molecule has 0 spiro atoms. The van der Waals surface area contributed by atoms with Crippen molar-refractivity contribution in [3.05, 3.63) is 30.3 Å². The summed E-state index contributed by atoms with van der Waals surface area (Å²) >= 11 is 0. The maximum absolute atomic E-state index is 12.7. The molecular formula is C18H26N2O5S. The van der Waals surface area contributed by atoms with E-state index in [0.717, 1.165) is 0 Å². The van der Waals surface area contributed by atoms with Gasteiger partial charge in [0.15, 0.2) is 0 Å². The summed E-state index contributed by atoms with van der Waals surface area (Å²) in [6.07, 6.45) is 1.44. The van der Waals surface area contributed by atoms with E-state index in [1.807, 2.05) is 13.8 Å². The fraction of sp³-hybridized carbons (Fsp3) is 0.556. The highest BCUT2D eigenvalue weighted by atomic mass is 32.2. The number of carbonyl (C=O) groups is 2. The van der Waals surface area contributed by atoms with Crippen LogP contribution in [-0.2, 0) is 19.6 Å². The Labute approximate surface area is 154 Å². The van der Waals surface area contributed by atoms with Crippen molar-refractivity contribution in [1.29, 1.82) is 0 Å². The number of benzene rings is 1. The number of amides is 1. The molecular weight excluding hydrogens is 356 g/mol. The molecule has 7 nitrogen and oxygen atoms in total. The fourth-order valence-corrected chi connectivity index (χ4v) is 4.64. The number of sulfonamides is 1. The highest BCUT2D eigenvalue weighted by Crippen LogP contribution is 2.24. The Morgan fingerprint density at radius 3 is 2.50 bits per heavy atom. The average Bonchev–Trinajstić information content (AvgIpc) is 2.61. The van der Waals surface area contributed by atoms with Crippen LogP contribution in [0.4, 0.5) is 0 Å². The molecule has 1 aromatic rings. The normalized spacial score (nSPS) is 19.9. The van der Waals surface area contributed by atoms with E-state index in [9.17, 15) is 23.1 Å². The summed E-state index contributed by atoms with van der Waals surface area (Å²) in [6, 6.07) is 7.16. The molecule has 8 heteroatoms. The van der Waals surface area contributed by atoms with Crippen LogP contribution < -0.4 is 5.32 Å². The van der Waals surface area contributed by atoms with Gasteiger partial charge in [-0.25, -0.2) is 13.2 Å². The highest BCUT2D eigenvalue weighted by Gasteiger charge is 2.34. The zero-order valence-electron chi connectivity index (χ0n) is 15.1. The van der Waals surface area contributed by atoms with Gasteiger partial charge in [-0.3, -0.25) is 4.79 Å². The zero-order valence-corrected chi connectivity index (χ0v) is 15.9. The lowest BCUT2D eigenvalue weighted by Gasteiger charge is -2.32. The maximum atomic E-state index is 12.7. The molecule has 0 aliphatic carbocycles. The van der Waals surface area contributed by atoms with Gasteiger partial charge < -0.3 is 10.4 Å². The van der Waals surface area contributed by atoms with Crippen molar-refractivity contribution < 1.29 is 23.1 Å². The van der Waals surface area contributed by atoms with E-state index in [2.05, 4.69) is 5.32 Å². The Balaban J connectivity index is 2.07. The SMILES string of the molecule is CC(C)C[C@H](NC(=O)[C@H]1CCCN(S(=O)(=O)c2ccccc2)C1)C(=O)O. The Morgan fingerprint density at radius 1 is 1.27 bits per heavy atom. The second kappa shape index (κ2) is 8.64. The topological polar surface area (TPSA) is 104 Å². The van der Waals surface area contributed by atoms with Gasteiger partial charge in [0.1, 0.15) is 6.04 Å². The van der Waals surface area contributed by atoms with E-state index >= 15 is 0 Å². The molecule has 0 saturated carbocycles. The molecule has 1 heterocycles. The molecule has 0 unspecified atom stereocenters. The van der Waals surface area contributed by atoms with Crippen LogP contribution in [0, 0.1) is 11.8 Å². The first-order valence-electron chi connectivity index (χ1n) is 8.80. The number of carboxylic acid groups (broad SMARTS) is 1. The van der Waals surface area contributed by atoms with Crippen molar-refractivity contribution in [1.82, 2.24) is 9.62 Å². The lowest BCUT2D eigenvalue weighted by Crippen LogP contribution is -2.49. The third-order valence-corrected chi connectivity index (χ3v) is 6.34. The predicted octanol–water partition coefficient (Wildman–Crippen LogP) is 1.70. The molecule has 2 N–H and O–H groups in total. The Morgan fingerprint density at radius 2 is 1.92 bits per heavy atom. The zero-order chi connectivity index (χ0) is 19.3. The first-order chi connectivity index (χ1) is 12.2. The second-order valence-electron chi connectivity index (χ2n) is 7.04. The van der Waals surface area contributed by atoms with Gasteiger partial charge in [0.05, 0.1) is 10.8 Å². The minimum Gasteiger partial charge on any atom is -0.480 e. The second-order valence-corrected chi connectivity index (χ2v) is 8.98. The van der Waals surface area contributed by atoms with Crippen LogP contribution in [0.3, 0.4) is 0 Å². The van der Waals surface area contributed by atoms with Crippen LogP contribution in [0.2, 0.25) is 0 Å². The highest BCUT2D eigenvalue weighted by molar-refractivity contribution is 7.89. The van der Waals surface area contributed by atoms with Crippen LogP contribution >= 0.6 is 0 Å².